The van der Waals surface area contributed by atoms with Crippen LogP contribution in [-0.4, -0.2) is 18.3 Å². The molecule has 1 heterocycles. The standard InChI is InChI=1S/C18H19BF3NO3/c1-17(2)18(3,4)26-19(25-17)11-8-14(23)12(21)9-16(11)24-15-6-5-10(20)7-13(15)22/h5-9H,23H2,1-4H3. The number of benzene rings is 2. The second-order valence-corrected chi connectivity index (χ2v) is 7.18. The minimum Gasteiger partial charge on any atom is -0.455 e. The lowest BCUT2D eigenvalue weighted by molar-refractivity contribution is 0.00578. The van der Waals surface area contributed by atoms with Gasteiger partial charge in [0.25, 0.3) is 0 Å². The highest BCUT2D eigenvalue weighted by atomic mass is 19.1. The molecule has 0 saturated carbocycles. The maximum Gasteiger partial charge on any atom is 0.498 e. The second kappa shape index (κ2) is 6.21. The Morgan fingerprint density at radius 3 is 2.08 bits per heavy atom. The highest BCUT2D eigenvalue weighted by Gasteiger charge is 2.52. The van der Waals surface area contributed by atoms with Crippen molar-refractivity contribution in [2.24, 2.45) is 0 Å². The number of nitrogen functional groups attached to an aromatic ring is 1. The summed E-state index contributed by atoms with van der Waals surface area (Å²) in [7, 11) is -0.888. The van der Waals surface area contributed by atoms with Gasteiger partial charge in [0.15, 0.2) is 11.6 Å². The van der Waals surface area contributed by atoms with Crippen molar-refractivity contribution in [1.29, 1.82) is 0 Å². The predicted octanol–water partition coefficient (Wildman–Crippen LogP) is 3.78. The van der Waals surface area contributed by atoms with Gasteiger partial charge >= 0.3 is 7.12 Å². The minimum absolute atomic E-state index is 0.0271. The molecular formula is C18H19BF3NO3. The van der Waals surface area contributed by atoms with Crippen molar-refractivity contribution in [2.45, 2.75) is 38.9 Å². The first-order chi connectivity index (χ1) is 12.0. The topological polar surface area (TPSA) is 53.7 Å². The first-order valence-electron chi connectivity index (χ1n) is 8.07. The summed E-state index contributed by atoms with van der Waals surface area (Å²) in [5, 5.41) is 0. The lowest BCUT2D eigenvalue weighted by Gasteiger charge is -2.32. The van der Waals surface area contributed by atoms with Crippen molar-refractivity contribution in [2.75, 3.05) is 5.73 Å². The number of anilines is 1. The normalized spacial score (nSPS) is 18.2. The van der Waals surface area contributed by atoms with E-state index in [0.29, 0.717) is 11.5 Å². The molecule has 4 nitrogen and oxygen atoms in total. The lowest BCUT2D eigenvalue weighted by Crippen LogP contribution is -2.41. The van der Waals surface area contributed by atoms with Crippen LogP contribution in [0.4, 0.5) is 18.9 Å². The molecule has 0 aliphatic carbocycles. The van der Waals surface area contributed by atoms with Gasteiger partial charge in [-0.15, -0.1) is 0 Å². The molecule has 0 unspecified atom stereocenters. The SMILES string of the molecule is CC1(C)OB(c2cc(N)c(F)cc2Oc2ccc(F)cc2F)OC1(C)C. The first kappa shape index (κ1) is 18.6. The molecule has 2 aromatic rings. The largest absolute Gasteiger partial charge is 0.498 e. The summed E-state index contributed by atoms with van der Waals surface area (Å²) in [5.41, 5.74) is 4.58. The molecule has 1 fully saturated rings. The van der Waals surface area contributed by atoms with Gasteiger partial charge < -0.3 is 19.8 Å². The quantitative estimate of drug-likeness (QED) is 0.665. The number of halogens is 3. The molecule has 2 N–H and O–H groups in total. The number of ether oxygens (including phenoxy) is 1. The van der Waals surface area contributed by atoms with Gasteiger partial charge in [-0.2, -0.15) is 0 Å². The fourth-order valence-electron chi connectivity index (χ4n) is 2.51. The van der Waals surface area contributed by atoms with Crippen molar-refractivity contribution < 1.29 is 27.2 Å². The maximum absolute atomic E-state index is 14.0. The summed E-state index contributed by atoms with van der Waals surface area (Å²) in [4.78, 5) is 0. The third kappa shape index (κ3) is 3.26. The van der Waals surface area contributed by atoms with Crippen LogP contribution in [0.3, 0.4) is 0 Å². The maximum atomic E-state index is 14.0. The molecule has 1 aliphatic rings. The van der Waals surface area contributed by atoms with Crippen molar-refractivity contribution in [3.05, 3.63) is 47.8 Å². The molecule has 0 aromatic heterocycles. The smallest absolute Gasteiger partial charge is 0.455 e. The molecule has 138 valence electrons. The fraction of sp³-hybridized carbons (Fsp3) is 0.333. The first-order valence-corrected chi connectivity index (χ1v) is 8.07. The fourth-order valence-corrected chi connectivity index (χ4v) is 2.51. The molecule has 1 saturated heterocycles. The summed E-state index contributed by atoms with van der Waals surface area (Å²) >= 11 is 0. The molecular weight excluding hydrogens is 346 g/mol. The van der Waals surface area contributed by atoms with E-state index in [1.54, 1.807) is 0 Å². The van der Waals surface area contributed by atoms with Gasteiger partial charge in [0.05, 0.1) is 16.9 Å². The van der Waals surface area contributed by atoms with Crippen LogP contribution in [0.2, 0.25) is 0 Å². The highest BCUT2D eigenvalue weighted by Crippen LogP contribution is 2.38. The molecule has 0 bridgehead atoms. The molecule has 8 heteroatoms. The van der Waals surface area contributed by atoms with Crippen molar-refractivity contribution in [1.82, 2.24) is 0 Å². The lowest BCUT2D eigenvalue weighted by atomic mass is 9.78. The van der Waals surface area contributed by atoms with Crippen molar-refractivity contribution in [3.8, 4) is 11.5 Å². The second-order valence-electron chi connectivity index (χ2n) is 7.18. The average molecular weight is 365 g/mol. The molecule has 0 amide bonds. The number of hydrogen-bond donors (Lipinski definition) is 1. The van der Waals surface area contributed by atoms with Gasteiger partial charge in [0.1, 0.15) is 17.4 Å². The van der Waals surface area contributed by atoms with E-state index in [9.17, 15) is 13.2 Å². The van der Waals surface area contributed by atoms with Crippen LogP contribution in [-0.2, 0) is 9.31 Å². The van der Waals surface area contributed by atoms with Crippen molar-refractivity contribution >= 4 is 18.3 Å². The number of hydrogen-bond acceptors (Lipinski definition) is 4. The van der Waals surface area contributed by atoms with Crippen LogP contribution in [0.25, 0.3) is 0 Å². The summed E-state index contributed by atoms with van der Waals surface area (Å²) in [6, 6.07) is 5.19. The van der Waals surface area contributed by atoms with Crippen molar-refractivity contribution in [3.63, 3.8) is 0 Å². The Morgan fingerprint density at radius 1 is 0.885 bits per heavy atom. The Labute approximate surface area is 150 Å². The van der Waals surface area contributed by atoms with Gasteiger partial charge in [-0.3, -0.25) is 0 Å². The molecule has 1 aliphatic heterocycles. The van der Waals surface area contributed by atoms with Crippen LogP contribution >= 0.6 is 0 Å². The molecule has 0 atom stereocenters. The van der Waals surface area contributed by atoms with E-state index in [1.165, 1.54) is 6.07 Å². The van der Waals surface area contributed by atoms with Crippen LogP contribution in [0.1, 0.15) is 27.7 Å². The highest BCUT2D eigenvalue weighted by molar-refractivity contribution is 6.63. The van der Waals surface area contributed by atoms with Gasteiger partial charge in [0.2, 0.25) is 0 Å². The Balaban J connectivity index is 2.02. The van der Waals surface area contributed by atoms with Crippen LogP contribution in [0, 0.1) is 17.5 Å². The Bertz CT molecular complexity index is 842. The van der Waals surface area contributed by atoms with Gasteiger partial charge in [-0.1, -0.05) is 0 Å². The van der Waals surface area contributed by atoms with Crippen LogP contribution in [0.15, 0.2) is 30.3 Å². The molecule has 0 radical (unpaired) electrons. The Hall–Kier alpha value is -2.19. The monoisotopic (exact) mass is 365 g/mol. The third-order valence-corrected chi connectivity index (χ3v) is 4.75. The minimum atomic E-state index is -0.915. The molecule has 3 rings (SSSR count). The van der Waals surface area contributed by atoms with Crippen LogP contribution < -0.4 is 15.9 Å². The summed E-state index contributed by atoms with van der Waals surface area (Å²) in [6.45, 7) is 7.44. The molecule has 0 spiro atoms. The number of nitrogens with two attached hydrogens (primary N) is 1. The van der Waals surface area contributed by atoms with E-state index in [0.717, 1.165) is 18.2 Å². The number of rotatable bonds is 3. The van der Waals surface area contributed by atoms with Gasteiger partial charge in [0, 0.05) is 17.6 Å². The van der Waals surface area contributed by atoms with E-state index in [2.05, 4.69) is 0 Å². The zero-order valence-corrected chi connectivity index (χ0v) is 14.9. The Morgan fingerprint density at radius 2 is 1.50 bits per heavy atom. The van der Waals surface area contributed by atoms with Crippen LogP contribution in [0.5, 0.6) is 11.5 Å². The third-order valence-electron chi connectivity index (χ3n) is 4.75. The van der Waals surface area contributed by atoms with E-state index in [4.69, 9.17) is 19.8 Å². The van der Waals surface area contributed by atoms with E-state index in [1.807, 2.05) is 27.7 Å². The zero-order chi connectivity index (χ0) is 19.3. The summed E-state index contributed by atoms with van der Waals surface area (Å²) in [5.74, 6) is -2.68. The van der Waals surface area contributed by atoms with Gasteiger partial charge in [-0.25, -0.2) is 13.2 Å². The van der Waals surface area contributed by atoms with E-state index < -0.39 is 35.8 Å². The molecule has 26 heavy (non-hydrogen) atoms. The zero-order valence-electron chi connectivity index (χ0n) is 14.9. The molecule has 2 aromatic carbocycles. The van der Waals surface area contributed by atoms with E-state index in [-0.39, 0.29) is 17.2 Å². The average Bonchev–Trinajstić information content (AvgIpc) is 2.73. The van der Waals surface area contributed by atoms with E-state index >= 15 is 0 Å². The predicted molar refractivity (Wildman–Crippen MR) is 93.0 cm³/mol. The summed E-state index contributed by atoms with van der Waals surface area (Å²) < 4.78 is 58.3. The van der Waals surface area contributed by atoms with Gasteiger partial charge in [-0.05, 0) is 45.9 Å². The summed E-state index contributed by atoms with van der Waals surface area (Å²) in [6.07, 6.45) is 0. The Kier molecular flexibility index (Phi) is 4.44.